The Morgan fingerprint density at radius 1 is 1.13 bits per heavy atom. The summed E-state index contributed by atoms with van der Waals surface area (Å²) in [5.74, 6) is 0.829. The molecule has 0 aliphatic carbocycles. The van der Waals surface area contributed by atoms with E-state index in [0.29, 0.717) is 44.9 Å². The largest absolute Gasteiger partial charge is 0.217 e. The van der Waals surface area contributed by atoms with Gasteiger partial charge < -0.3 is 0 Å². The molecule has 0 spiro atoms. The van der Waals surface area contributed by atoms with Gasteiger partial charge in [0.1, 0.15) is 0 Å². The van der Waals surface area contributed by atoms with E-state index >= 15 is 0 Å². The van der Waals surface area contributed by atoms with E-state index in [1.807, 2.05) is 13.8 Å². The van der Waals surface area contributed by atoms with E-state index in [2.05, 4.69) is 6.92 Å². The van der Waals surface area contributed by atoms with Gasteiger partial charge in [0.15, 0.2) is 0 Å². The molecule has 4 heterocycles. The molecule has 4 saturated heterocycles. The molecule has 2 atom stereocenters. The predicted molar refractivity (Wildman–Crippen MR) is 89.9 cm³/mol. The van der Waals surface area contributed by atoms with Crippen LogP contribution >= 0.6 is 0 Å². The smallest absolute Gasteiger partial charge is 0.212 e. The van der Waals surface area contributed by atoms with Crippen LogP contribution in [0.3, 0.4) is 0 Å². The second-order valence-electron chi connectivity index (χ2n) is 8.28. The third-order valence-corrected chi connectivity index (χ3v) is 9.75. The number of hydrogen-bond acceptors (Lipinski definition) is 4. The van der Waals surface area contributed by atoms with Crippen LogP contribution in [0.25, 0.3) is 0 Å². The minimum Gasteiger partial charge on any atom is -0.212 e. The zero-order valence-electron chi connectivity index (χ0n) is 14.2. The summed E-state index contributed by atoms with van der Waals surface area (Å²) in [5, 5.41) is -0.290. The van der Waals surface area contributed by atoms with Gasteiger partial charge in [-0.3, -0.25) is 0 Å². The molecule has 2 unspecified atom stereocenters. The summed E-state index contributed by atoms with van der Waals surface area (Å²) >= 11 is 0. The Kier molecular flexibility index (Phi) is 4.35. The molecule has 0 radical (unpaired) electrons. The Morgan fingerprint density at radius 2 is 1.78 bits per heavy atom. The Balaban J connectivity index is 1.58. The molecule has 0 aromatic heterocycles. The second kappa shape index (κ2) is 5.68. The summed E-state index contributed by atoms with van der Waals surface area (Å²) in [4.78, 5) is 0. The van der Waals surface area contributed by atoms with Crippen molar-refractivity contribution < 1.29 is 16.8 Å². The highest BCUT2D eigenvalue weighted by Crippen LogP contribution is 2.47. The van der Waals surface area contributed by atoms with Gasteiger partial charge in [0.05, 0.1) is 11.0 Å². The fourth-order valence-corrected chi connectivity index (χ4v) is 9.00. The van der Waals surface area contributed by atoms with Crippen molar-refractivity contribution >= 4 is 20.0 Å². The number of nitrogens with zero attached hydrogens (tertiary/aromatic N) is 2. The van der Waals surface area contributed by atoms with Crippen molar-refractivity contribution in [1.29, 1.82) is 0 Å². The third kappa shape index (κ3) is 3.19. The fraction of sp³-hybridized carbons (Fsp3) is 1.00. The van der Waals surface area contributed by atoms with Gasteiger partial charge in [0, 0.05) is 31.6 Å². The topological polar surface area (TPSA) is 74.8 Å². The average Bonchev–Trinajstić information content (AvgIpc) is 2.85. The van der Waals surface area contributed by atoms with Crippen LogP contribution in [0, 0.1) is 17.3 Å². The van der Waals surface area contributed by atoms with Crippen molar-refractivity contribution in [1.82, 2.24) is 8.61 Å². The van der Waals surface area contributed by atoms with Crippen molar-refractivity contribution in [2.45, 2.75) is 45.3 Å². The minimum atomic E-state index is -3.18. The van der Waals surface area contributed by atoms with Crippen LogP contribution in [0.2, 0.25) is 0 Å². The molecule has 0 saturated carbocycles. The third-order valence-electron chi connectivity index (χ3n) is 5.40. The lowest BCUT2D eigenvalue weighted by Gasteiger charge is -2.39. The fourth-order valence-electron chi connectivity index (χ4n) is 4.54. The molecule has 0 aromatic rings. The SMILES string of the molecule is CC(C)CN1CCC(CC(C)CC23CN(C2)S(=O)(=O)C3)S1(=O)=O. The second-order valence-corrected chi connectivity index (χ2v) is 12.5. The van der Waals surface area contributed by atoms with Gasteiger partial charge in [-0.05, 0) is 31.1 Å². The summed E-state index contributed by atoms with van der Waals surface area (Å²) in [6.07, 6.45) is 2.18. The van der Waals surface area contributed by atoms with E-state index in [1.165, 1.54) is 0 Å². The highest BCUT2D eigenvalue weighted by atomic mass is 32.2. The summed E-state index contributed by atoms with van der Waals surface area (Å²) in [5.41, 5.74) is -0.113. The van der Waals surface area contributed by atoms with Crippen LogP contribution in [0.4, 0.5) is 0 Å². The minimum absolute atomic E-state index is 0.113. The van der Waals surface area contributed by atoms with Gasteiger partial charge in [-0.25, -0.2) is 25.4 Å². The maximum Gasteiger partial charge on any atom is 0.217 e. The van der Waals surface area contributed by atoms with Gasteiger partial charge in [-0.1, -0.05) is 20.8 Å². The van der Waals surface area contributed by atoms with Crippen LogP contribution < -0.4 is 0 Å². The van der Waals surface area contributed by atoms with E-state index in [4.69, 9.17) is 0 Å². The van der Waals surface area contributed by atoms with Gasteiger partial charge in [-0.2, -0.15) is 0 Å². The van der Waals surface area contributed by atoms with Gasteiger partial charge >= 0.3 is 0 Å². The van der Waals surface area contributed by atoms with Crippen LogP contribution in [0.1, 0.15) is 40.0 Å². The van der Waals surface area contributed by atoms with E-state index < -0.39 is 20.0 Å². The Labute approximate surface area is 140 Å². The molecule has 2 bridgehead atoms. The van der Waals surface area contributed by atoms with Crippen molar-refractivity contribution in [2.75, 3.05) is 31.9 Å². The lowest BCUT2D eigenvalue weighted by Crippen LogP contribution is -2.48. The Bertz CT molecular complexity index is 666. The van der Waals surface area contributed by atoms with E-state index in [9.17, 15) is 16.8 Å². The Hall–Kier alpha value is -0.180. The first-order valence-electron chi connectivity index (χ1n) is 8.51. The quantitative estimate of drug-likeness (QED) is 0.707. The molecule has 4 rings (SSSR count). The monoisotopic (exact) mass is 364 g/mol. The maximum atomic E-state index is 12.6. The summed E-state index contributed by atoms with van der Waals surface area (Å²) in [6.45, 7) is 8.65. The summed E-state index contributed by atoms with van der Waals surface area (Å²) in [6, 6.07) is 0. The first kappa shape index (κ1) is 17.6. The van der Waals surface area contributed by atoms with Crippen LogP contribution in [0.5, 0.6) is 0 Å². The molecule has 0 aromatic carbocycles. The van der Waals surface area contributed by atoms with E-state index in [-0.39, 0.29) is 22.3 Å². The Morgan fingerprint density at radius 3 is 2.30 bits per heavy atom. The number of sulfonamides is 2. The molecule has 8 heteroatoms. The first-order chi connectivity index (χ1) is 10.5. The first-order valence-corrected chi connectivity index (χ1v) is 11.6. The standard InChI is InChI=1S/C15H28N2O4S2/c1-12(2)8-16-5-4-14(23(16,20)21)6-13(3)7-15-9-17(10-15)22(18,19)11-15/h12-14H,4-11H2,1-3H3. The highest BCUT2D eigenvalue weighted by molar-refractivity contribution is 7.90. The summed E-state index contributed by atoms with van der Waals surface area (Å²) in [7, 11) is -6.20. The lowest BCUT2D eigenvalue weighted by molar-refractivity contribution is 0.100. The molecular formula is C15H28N2O4S2. The number of hydrogen-bond donors (Lipinski definition) is 0. The normalized spacial score (nSPS) is 39.5. The highest BCUT2D eigenvalue weighted by Gasteiger charge is 2.58. The van der Waals surface area contributed by atoms with Crippen molar-refractivity contribution in [3.05, 3.63) is 0 Å². The van der Waals surface area contributed by atoms with Crippen LogP contribution in [-0.4, -0.2) is 62.6 Å². The van der Waals surface area contributed by atoms with E-state index in [1.54, 1.807) is 8.61 Å². The maximum absolute atomic E-state index is 12.6. The van der Waals surface area contributed by atoms with E-state index in [0.717, 1.165) is 6.42 Å². The average molecular weight is 365 g/mol. The molecule has 4 aliphatic rings. The molecule has 0 amide bonds. The molecule has 4 fully saturated rings. The van der Waals surface area contributed by atoms with Crippen molar-refractivity contribution in [3.63, 3.8) is 0 Å². The summed E-state index contributed by atoms with van der Waals surface area (Å²) < 4.78 is 52.0. The molecule has 0 N–H and O–H groups in total. The van der Waals surface area contributed by atoms with Gasteiger partial charge in [0.25, 0.3) is 0 Å². The predicted octanol–water partition coefficient (Wildman–Crippen LogP) is 1.11. The molecule has 23 heavy (non-hydrogen) atoms. The molecular weight excluding hydrogens is 336 g/mol. The van der Waals surface area contributed by atoms with Crippen LogP contribution in [0.15, 0.2) is 0 Å². The number of rotatable bonds is 6. The molecule has 134 valence electrons. The lowest BCUT2D eigenvalue weighted by atomic mass is 9.75. The van der Waals surface area contributed by atoms with Crippen LogP contribution in [-0.2, 0) is 20.0 Å². The molecule has 4 aliphatic heterocycles. The van der Waals surface area contributed by atoms with Crippen molar-refractivity contribution in [2.24, 2.45) is 17.3 Å². The van der Waals surface area contributed by atoms with Gasteiger partial charge in [-0.15, -0.1) is 0 Å². The van der Waals surface area contributed by atoms with Crippen molar-refractivity contribution in [3.8, 4) is 0 Å². The molecule has 6 nitrogen and oxygen atoms in total. The number of fused-ring (bicyclic) bond motifs is 1. The van der Waals surface area contributed by atoms with Gasteiger partial charge in [0.2, 0.25) is 20.0 Å². The zero-order valence-corrected chi connectivity index (χ0v) is 15.9. The zero-order chi connectivity index (χ0) is 17.0.